The highest BCUT2D eigenvalue weighted by Crippen LogP contribution is 2.26. The fourth-order valence-corrected chi connectivity index (χ4v) is 2.34. The zero-order valence-corrected chi connectivity index (χ0v) is 11.6. The van der Waals surface area contributed by atoms with Crippen molar-refractivity contribution in [3.8, 4) is 5.75 Å². The van der Waals surface area contributed by atoms with Crippen LogP contribution >= 0.6 is 0 Å². The summed E-state index contributed by atoms with van der Waals surface area (Å²) in [5.74, 6) is 0.967. The molecule has 104 valence electrons. The number of anilines is 1. The maximum Gasteiger partial charge on any atom is 0.208 e. The molecule has 8 heteroatoms. The highest BCUT2D eigenvalue weighted by Gasteiger charge is 2.12. The Morgan fingerprint density at radius 2 is 2.21 bits per heavy atom. The standard InChI is InChI=1S/C11H16N4O3S/c1-18-9-5-3-4-8-10(9)14-11(12)15(8)7-6-13-19(2,16)17/h3-5,13H,6-7H2,1-2H3,(H2,12,14). The molecule has 0 saturated heterocycles. The second-order valence-corrected chi connectivity index (χ2v) is 5.95. The van der Waals surface area contributed by atoms with E-state index < -0.39 is 10.0 Å². The van der Waals surface area contributed by atoms with Gasteiger partial charge < -0.3 is 15.0 Å². The third kappa shape index (κ3) is 2.96. The molecule has 0 saturated carbocycles. The number of sulfonamides is 1. The molecule has 0 amide bonds. The van der Waals surface area contributed by atoms with Gasteiger partial charge in [-0.3, -0.25) is 0 Å². The lowest BCUT2D eigenvalue weighted by Gasteiger charge is -2.07. The molecule has 0 spiro atoms. The average Bonchev–Trinajstić information content (AvgIpc) is 2.64. The molecule has 0 atom stereocenters. The number of hydrogen-bond acceptors (Lipinski definition) is 5. The van der Waals surface area contributed by atoms with Crippen LogP contribution in [-0.4, -0.2) is 37.9 Å². The Kier molecular flexibility index (Phi) is 3.63. The van der Waals surface area contributed by atoms with Gasteiger partial charge in [0, 0.05) is 13.1 Å². The summed E-state index contributed by atoms with van der Waals surface area (Å²) in [6.45, 7) is 0.661. The molecule has 2 rings (SSSR count). The van der Waals surface area contributed by atoms with Crippen LogP contribution in [0.2, 0.25) is 0 Å². The molecule has 3 N–H and O–H groups in total. The Hall–Kier alpha value is -1.80. The van der Waals surface area contributed by atoms with E-state index in [0.29, 0.717) is 23.8 Å². The van der Waals surface area contributed by atoms with Crippen LogP contribution in [0.15, 0.2) is 18.2 Å². The number of methoxy groups -OCH3 is 1. The smallest absolute Gasteiger partial charge is 0.208 e. The van der Waals surface area contributed by atoms with Gasteiger partial charge in [-0.15, -0.1) is 0 Å². The van der Waals surface area contributed by atoms with Crippen molar-refractivity contribution in [1.29, 1.82) is 0 Å². The minimum absolute atomic E-state index is 0.256. The topological polar surface area (TPSA) is 99.2 Å². The van der Waals surface area contributed by atoms with E-state index in [1.807, 2.05) is 12.1 Å². The number of ether oxygens (including phenoxy) is 1. The summed E-state index contributed by atoms with van der Waals surface area (Å²) in [4.78, 5) is 4.24. The minimum atomic E-state index is -3.21. The van der Waals surface area contributed by atoms with Crippen LogP contribution in [0.3, 0.4) is 0 Å². The summed E-state index contributed by atoms with van der Waals surface area (Å²) >= 11 is 0. The van der Waals surface area contributed by atoms with Gasteiger partial charge in [-0.2, -0.15) is 0 Å². The number of imidazole rings is 1. The molecule has 0 aliphatic rings. The molecule has 1 aromatic heterocycles. The maximum absolute atomic E-state index is 11.0. The van der Waals surface area contributed by atoms with Gasteiger partial charge in [-0.25, -0.2) is 18.1 Å². The van der Waals surface area contributed by atoms with Gasteiger partial charge in [-0.05, 0) is 12.1 Å². The molecule has 0 aliphatic heterocycles. The number of nitrogen functional groups attached to an aromatic ring is 1. The number of para-hydroxylation sites is 1. The molecular formula is C11H16N4O3S. The van der Waals surface area contributed by atoms with Crippen LogP contribution in [-0.2, 0) is 16.6 Å². The van der Waals surface area contributed by atoms with Crippen LogP contribution in [0.5, 0.6) is 5.75 Å². The van der Waals surface area contributed by atoms with Gasteiger partial charge in [0.05, 0.1) is 18.9 Å². The summed E-state index contributed by atoms with van der Waals surface area (Å²) in [5.41, 5.74) is 7.33. The number of benzene rings is 1. The number of nitrogens with two attached hydrogens (primary N) is 1. The first kappa shape index (κ1) is 13.6. The molecule has 2 aromatic rings. The van der Waals surface area contributed by atoms with E-state index in [1.165, 1.54) is 0 Å². The highest BCUT2D eigenvalue weighted by molar-refractivity contribution is 7.88. The maximum atomic E-state index is 11.0. The summed E-state index contributed by atoms with van der Waals surface area (Å²) in [5, 5.41) is 0. The Labute approximate surface area is 111 Å². The average molecular weight is 284 g/mol. The molecule has 0 unspecified atom stereocenters. The number of nitrogens with one attached hydrogen (secondary N) is 1. The van der Waals surface area contributed by atoms with Crippen molar-refractivity contribution in [2.45, 2.75) is 6.54 Å². The fraction of sp³-hybridized carbons (Fsp3) is 0.364. The third-order valence-electron chi connectivity index (χ3n) is 2.69. The Morgan fingerprint density at radius 1 is 1.47 bits per heavy atom. The van der Waals surface area contributed by atoms with E-state index in [4.69, 9.17) is 10.5 Å². The normalized spacial score (nSPS) is 11.9. The summed E-state index contributed by atoms with van der Waals surface area (Å²) < 4.78 is 31.4. The molecule has 7 nitrogen and oxygen atoms in total. The van der Waals surface area contributed by atoms with Crippen LogP contribution in [0.1, 0.15) is 0 Å². The predicted octanol–water partition coefficient (Wildman–Crippen LogP) is 0.176. The van der Waals surface area contributed by atoms with Crippen LogP contribution in [0.25, 0.3) is 11.0 Å². The largest absolute Gasteiger partial charge is 0.494 e. The number of nitrogens with zero attached hydrogens (tertiary/aromatic N) is 2. The van der Waals surface area contributed by atoms with Gasteiger partial charge in [-0.1, -0.05) is 6.07 Å². The first-order valence-corrected chi connectivity index (χ1v) is 7.55. The van der Waals surface area contributed by atoms with Crippen LogP contribution in [0, 0.1) is 0 Å². The van der Waals surface area contributed by atoms with Gasteiger partial charge in [0.15, 0.2) is 0 Å². The molecule has 0 fully saturated rings. The molecule has 0 aliphatic carbocycles. The SMILES string of the molecule is COc1cccc2c1nc(N)n2CCNS(C)(=O)=O. The fourth-order valence-electron chi connectivity index (χ4n) is 1.88. The van der Waals surface area contributed by atoms with Gasteiger partial charge >= 0.3 is 0 Å². The Balaban J connectivity index is 2.31. The quantitative estimate of drug-likeness (QED) is 0.815. The van der Waals surface area contributed by atoms with Gasteiger partial charge in [0.25, 0.3) is 0 Å². The van der Waals surface area contributed by atoms with E-state index >= 15 is 0 Å². The highest BCUT2D eigenvalue weighted by atomic mass is 32.2. The second kappa shape index (κ2) is 5.06. The van der Waals surface area contributed by atoms with Crippen molar-refractivity contribution >= 4 is 27.0 Å². The van der Waals surface area contributed by atoms with Crippen molar-refractivity contribution in [3.63, 3.8) is 0 Å². The lowest BCUT2D eigenvalue weighted by Crippen LogP contribution is -2.26. The van der Waals surface area contributed by atoms with Crippen LogP contribution < -0.4 is 15.2 Å². The molecule has 0 radical (unpaired) electrons. The molecule has 1 heterocycles. The van der Waals surface area contributed by atoms with Crippen LogP contribution in [0.4, 0.5) is 5.95 Å². The molecule has 1 aromatic carbocycles. The van der Waals surface area contributed by atoms with Crippen molar-refractivity contribution in [1.82, 2.24) is 14.3 Å². The van der Waals surface area contributed by atoms with Gasteiger partial charge in [0.2, 0.25) is 16.0 Å². The number of fused-ring (bicyclic) bond motifs is 1. The summed E-state index contributed by atoms with van der Waals surface area (Å²) in [6, 6.07) is 5.50. The van der Waals surface area contributed by atoms with Crippen molar-refractivity contribution in [2.75, 3.05) is 25.6 Å². The van der Waals surface area contributed by atoms with Crippen molar-refractivity contribution < 1.29 is 13.2 Å². The number of rotatable bonds is 5. The second-order valence-electron chi connectivity index (χ2n) is 4.12. The van der Waals surface area contributed by atoms with E-state index in [-0.39, 0.29) is 6.54 Å². The first-order valence-electron chi connectivity index (χ1n) is 5.65. The lowest BCUT2D eigenvalue weighted by molar-refractivity contribution is 0.419. The Morgan fingerprint density at radius 3 is 2.84 bits per heavy atom. The summed E-state index contributed by atoms with van der Waals surface area (Å²) in [7, 11) is -1.64. The van der Waals surface area contributed by atoms with Crippen molar-refractivity contribution in [2.24, 2.45) is 0 Å². The molecular weight excluding hydrogens is 268 g/mol. The zero-order valence-electron chi connectivity index (χ0n) is 10.8. The summed E-state index contributed by atoms with van der Waals surface area (Å²) in [6.07, 6.45) is 1.12. The first-order chi connectivity index (χ1) is 8.92. The van der Waals surface area contributed by atoms with Crippen molar-refractivity contribution in [3.05, 3.63) is 18.2 Å². The molecule has 19 heavy (non-hydrogen) atoms. The zero-order chi connectivity index (χ0) is 14.0. The number of aromatic nitrogens is 2. The lowest BCUT2D eigenvalue weighted by atomic mass is 10.3. The monoisotopic (exact) mass is 284 g/mol. The van der Waals surface area contributed by atoms with E-state index in [9.17, 15) is 8.42 Å². The van der Waals surface area contributed by atoms with E-state index in [0.717, 1.165) is 11.8 Å². The van der Waals surface area contributed by atoms with E-state index in [1.54, 1.807) is 17.7 Å². The van der Waals surface area contributed by atoms with Gasteiger partial charge in [0.1, 0.15) is 11.3 Å². The third-order valence-corrected chi connectivity index (χ3v) is 3.42. The minimum Gasteiger partial charge on any atom is -0.494 e. The Bertz CT molecular complexity index is 693. The predicted molar refractivity (Wildman–Crippen MR) is 73.5 cm³/mol. The number of hydrogen-bond donors (Lipinski definition) is 2. The van der Waals surface area contributed by atoms with E-state index in [2.05, 4.69) is 9.71 Å². The molecule has 0 bridgehead atoms.